The van der Waals surface area contributed by atoms with Crippen LogP contribution in [0.3, 0.4) is 0 Å². The summed E-state index contributed by atoms with van der Waals surface area (Å²) >= 11 is 5.39. The Bertz CT molecular complexity index is 344. The molecule has 3 nitrogen and oxygen atoms in total. The molecule has 0 unspecified atom stereocenters. The van der Waals surface area contributed by atoms with E-state index in [1.165, 1.54) is 4.68 Å². The zero-order chi connectivity index (χ0) is 10.7. The first-order chi connectivity index (χ1) is 6.57. The summed E-state index contributed by atoms with van der Waals surface area (Å²) in [6.07, 6.45) is 3.22. The summed E-state index contributed by atoms with van der Waals surface area (Å²) in [7, 11) is 0. The molecule has 0 radical (unpaired) electrons. The van der Waals surface area contributed by atoms with Gasteiger partial charge in [0.2, 0.25) is 0 Å². The SMILES string of the molecule is CCCCc1c(C)nn(C(=O)Cl)c1C. The molecule has 0 aromatic carbocycles. The van der Waals surface area contributed by atoms with Crippen LogP contribution in [0.1, 0.15) is 36.7 Å². The van der Waals surface area contributed by atoms with E-state index in [1.807, 2.05) is 13.8 Å². The summed E-state index contributed by atoms with van der Waals surface area (Å²) in [5, 5.41) is 3.56. The van der Waals surface area contributed by atoms with Crippen molar-refractivity contribution in [3.05, 3.63) is 17.0 Å². The van der Waals surface area contributed by atoms with Crippen LogP contribution in [-0.4, -0.2) is 15.1 Å². The Morgan fingerprint density at radius 3 is 2.57 bits per heavy atom. The molecular weight excluding hydrogens is 200 g/mol. The summed E-state index contributed by atoms with van der Waals surface area (Å²) in [5.41, 5.74) is 2.93. The van der Waals surface area contributed by atoms with Gasteiger partial charge in [-0.15, -0.1) is 0 Å². The maximum atomic E-state index is 11.0. The third-order valence-corrected chi connectivity index (χ3v) is 2.55. The predicted molar refractivity (Wildman–Crippen MR) is 57.0 cm³/mol. The van der Waals surface area contributed by atoms with E-state index in [2.05, 4.69) is 12.0 Å². The fourth-order valence-corrected chi connectivity index (χ4v) is 1.73. The Kier molecular flexibility index (Phi) is 3.69. The first-order valence-electron chi connectivity index (χ1n) is 4.82. The second-order valence-corrected chi connectivity index (χ2v) is 3.74. The second-order valence-electron chi connectivity index (χ2n) is 3.42. The molecular formula is C10H15ClN2O. The number of carbonyl (C=O) groups is 1. The lowest BCUT2D eigenvalue weighted by molar-refractivity contribution is 0.258. The fraction of sp³-hybridized carbons (Fsp3) is 0.600. The maximum absolute atomic E-state index is 11.0. The molecule has 0 spiro atoms. The summed E-state index contributed by atoms with van der Waals surface area (Å²) < 4.78 is 1.27. The molecule has 1 rings (SSSR count). The van der Waals surface area contributed by atoms with Crippen LogP contribution >= 0.6 is 11.6 Å². The van der Waals surface area contributed by atoms with Crippen molar-refractivity contribution in [3.63, 3.8) is 0 Å². The molecule has 0 N–H and O–H groups in total. The van der Waals surface area contributed by atoms with E-state index < -0.39 is 5.37 Å². The molecule has 0 aliphatic carbocycles. The molecule has 1 aromatic rings. The van der Waals surface area contributed by atoms with Crippen LogP contribution in [0.15, 0.2) is 0 Å². The van der Waals surface area contributed by atoms with E-state index in [9.17, 15) is 4.79 Å². The van der Waals surface area contributed by atoms with Gasteiger partial charge in [0.05, 0.1) is 5.69 Å². The Labute approximate surface area is 89.1 Å². The van der Waals surface area contributed by atoms with Gasteiger partial charge in [0, 0.05) is 5.69 Å². The molecule has 0 aliphatic rings. The number of hydrogen-bond donors (Lipinski definition) is 0. The Hall–Kier alpha value is -0.830. The third-order valence-electron chi connectivity index (χ3n) is 2.39. The molecule has 0 fully saturated rings. The van der Waals surface area contributed by atoms with Crippen LogP contribution in [-0.2, 0) is 6.42 Å². The van der Waals surface area contributed by atoms with E-state index in [1.54, 1.807) is 0 Å². The van der Waals surface area contributed by atoms with Gasteiger partial charge in [0.1, 0.15) is 0 Å². The van der Waals surface area contributed by atoms with Gasteiger partial charge < -0.3 is 0 Å². The number of unbranched alkanes of at least 4 members (excludes halogenated alkanes) is 1. The number of rotatable bonds is 3. The highest BCUT2D eigenvalue weighted by Gasteiger charge is 2.13. The average molecular weight is 215 g/mol. The highest BCUT2D eigenvalue weighted by atomic mass is 35.5. The summed E-state index contributed by atoms with van der Waals surface area (Å²) in [4.78, 5) is 11.0. The predicted octanol–water partition coefficient (Wildman–Crippen LogP) is 3.05. The number of aromatic nitrogens is 2. The molecule has 0 aliphatic heterocycles. The molecule has 0 atom stereocenters. The van der Waals surface area contributed by atoms with Crippen molar-refractivity contribution in [3.8, 4) is 0 Å². The minimum absolute atomic E-state index is 0.534. The van der Waals surface area contributed by atoms with Gasteiger partial charge in [-0.3, -0.25) is 4.79 Å². The molecule has 4 heteroatoms. The third kappa shape index (κ3) is 2.15. The van der Waals surface area contributed by atoms with E-state index in [0.717, 1.165) is 36.2 Å². The minimum atomic E-state index is -0.534. The maximum Gasteiger partial charge on any atom is 0.341 e. The first-order valence-corrected chi connectivity index (χ1v) is 5.20. The van der Waals surface area contributed by atoms with Gasteiger partial charge in [0.15, 0.2) is 0 Å². The first kappa shape index (κ1) is 11.2. The summed E-state index contributed by atoms with van der Waals surface area (Å²) in [5.74, 6) is 0. The van der Waals surface area contributed by atoms with Crippen LogP contribution in [0.4, 0.5) is 4.79 Å². The van der Waals surface area contributed by atoms with Gasteiger partial charge in [-0.2, -0.15) is 9.78 Å². The lowest BCUT2D eigenvalue weighted by atomic mass is 10.1. The number of carbonyl (C=O) groups excluding carboxylic acids is 1. The summed E-state index contributed by atoms with van der Waals surface area (Å²) in [6, 6.07) is 0. The molecule has 78 valence electrons. The smallest absolute Gasteiger partial charge is 0.253 e. The van der Waals surface area contributed by atoms with Crippen molar-refractivity contribution in [2.45, 2.75) is 40.0 Å². The van der Waals surface area contributed by atoms with E-state index in [0.29, 0.717) is 0 Å². The molecule has 1 heterocycles. The molecule has 0 saturated heterocycles. The van der Waals surface area contributed by atoms with Crippen LogP contribution in [0.25, 0.3) is 0 Å². The Morgan fingerprint density at radius 2 is 2.14 bits per heavy atom. The van der Waals surface area contributed by atoms with Gasteiger partial charge in [0.25, 0.3) is 0 Å². The van der Waals surface area contributed by atoms with Crippen LogP contribution in [0, 0.1) is 13.8 Å². The minimum Gasteiger partial charge on any atom is -0.253 e. The Morgan fingerprint density at radius 1 is 1.50 bits per heavy atom. The van der Waals surface area contributed by atoms with Crippen molar-refractivity contribution in [1.82, 2.24) is 9.78 Å². The molecule has 14 heavy (non-hydrogen) atoms. The average Bonchev–Trinajstić information content (AvgIpc) is 2.40. The quantitative estimate of drug-likeness (QED) is 0.725. The molecule has 0 saturated carbocycles. The topological polar surface area (TPSA) is 34.9 Å². The van der Waals surface area contributed by atoms with Gasteiger partial charge in [-0.25, -0.2) is 0 Å². The summed E-state index contributed by atoms with van der Waals surface area (Å²) in [6.45, 7) is 5.93. The van der Waals surface area contributed by atoms with Gasteiger partial charge in [-0.1, -0.05) is 13.3 Å². The molecule has 0 amide bonds. The number of hydrogen-bond acceptors (Lipinski definition) is 2. The molecule has 1 aromatic heterocycles. The van der Waals surface area contributed by atoms with Gasteiger partial charge in [-0.05, 0) is 43.9 Å². The van der Waals surface area contributed by atoms with E-state index in [-0.39, 0.29) is 0 Å². The highest BCUT2D eigenvalue weighted by molar-refractivity contribution is 6.63. The van der Waals surface area contributed by atoms with Crippen LogP contribution < -0.4 is 0 Å². The Balaban J connectivity index is 2.99. The van der Waals surface area contributed by atoms with Crippen molar-refractivity contribution in [1.29, 1.82) is 0 Å². The van der Waals surface area contributed by atoms with Crippen molar-refractivity contribution in [2.75, 3.05) is 0 Å². The van der Waals surface area contributed by atoms with E-state index >= 15 is 0 Å². The van der Waals surface area contributed by atoms with Crippen molar-refractivity contribution >= 4 is 17.0 Å². The zero-order valence-electron chi connectivity index (χ0n) is 8.80. The highest BCUT2D eigenvalue weighted by Crippen LogP contribution is 2.16. The van der Waals surface area contributed by atoms with Crippen LogP contribution in [0.2, 0.25) is 0 Å². The van der Waals surface area contributed by atoms with Crippen LogP contribution in [0.5, 0.6) is 0 Å². The standard InChI is InChI=1S/C10H15ClN2O/c1-4-5-6-9-7(2)12-13(8(9)3)10(11)14/h4-6H2,1-3H3. The lowest BCUT2D eigenvalue weighted by Crippen LogP contribution is -2.06. The normalized spacial score (nSPS) is 10.6. The van der Waals surface area contributed by atoms with Crippen molar-refractivity contribution in [2.24, 2.45) is 0 Å². The lowest BCUT2D eigenvalue weighted by Gasteiger charge is -1.99. The molecule has 0 bridgehead atoms. The van der Waals surface area contributed by atoms with Crippen molar-refractivity contribution < 1.29 is 4.79 Å². The number of halogens is 1. The monoisotopic (exact) mass is 214 g/mol. The number of aryl methyl sites for hydroxylation is 1. The second kappa shape index (κ2) is 4.60. The largest absolute Gasteiger partial charge is 0.341 e. The number of nitrogens with zero attached hydrogens (tertiary/aromatic N) is 2. The fourth-order valence-electron chi connectivity index (χ4n) is 1.56. The zero-order valence-corrected chi connectivity index (χ0v) is 9.56. The van der Waals surface area contributed by atoms with E-state index in [4.69, 9.17) is 11.6 Å². The van der Waals surface area contributed by atoms with Gasteiger partial charge >= 0.3 is 5.37 Å².